The molecule has 2 heterocycles. The lowest BCUT2D eigenvalue weighted by Crippen LogP contribution is -2.24. The summed E-state index contributed by atoms with van der Waals surface area (Å²) in [5.74, 6) is -0.129. The molecule has 3 aromatic rings. The van der Waals surface area contributed by atoms with E-state index in [1.165, 1.54) is 6.20 Å². The van der Waals surface area contributed by atoms with Crippen LogP contribution in [0.2, 0.25) is 0 Å². The van der Waals surface area contributed by atoms with Gasteiger partial charge in [-0.2, -0.15) is 4.98 Å². The van der Waals surface area contributed by atoms with E-state index in [4.69, 9.17) is 34.2 Å². The molecule has 0 saturated carbocycles. The zero-order valence-corrected chi connectivity index (χ0v) is 27.3. The minimum atomic E-state index is -0.440. The molecule has 0 unspecified atom stereocenters. The van der Waals surface area contributed by atoms with Crippen LogP contribution in [-0.2, 0) is 35.0 Å². The van der Waals surface area contributed by atoms with Crippen LogP contribution in [0.4, 0.5) is 11.6 Å². The van der Waals surface area contributed by atoms with E-state index >= 15 is 0 Å². The Bertz CT molecular complexity index is 1340. The number of benzene rings is 1. The Labute approximate surface area is 275 Å². The van der Waals surface area contributed by atoms with Crippen molar-refractivity contribution in [2.24, 2.45) is 0 Å². The van der Waals surface area contributed by atoms with Gasteiger partial charge in [-0.25, -0.2) is 9.97 Å². The average molecular weight is 660 g/mol. The molecule has 1 amide bonds. The summed E-state index contributed by atoms with van der Waals surface area (Å²) in [5.41, 5.74) is 7.36. The molecule has 5 N–H and O–H groups in total. The van der Waals surface area contributed by atoms with Gasteiger partial charge < -0.3 is 44.8 Å². The molecule has 0 spiro atoms. The number of rotatable bonds is 27. The Balaban J connectivity index is 1.10. The fourth-order valence-corrected chi connectivity index (χ4v) is 4.14. The molecule has 0 atom stereocenters. The van der Waals surface area contributed by atoms with Gasteiger partial charge in [0.15, 0.2) is 11.2 Å². The summed E-state index contributed by atoms with van der Waals surface area (Å²) >= 11 is 0. The minimum Gasteiger partial charge on any atom is -0.379 e. The van der Waals surface area contributed by atoms with Gasteiger partial charge in [0.05, 0.1) is 84.5 Å². The Morgan fingerprint density at radius 2 is 1.34 bits per heavy atom. The number of aromatic amines is 1. The van der Waals surface area contributed by atoms with E-state index < -0.39 is 5.56 Å². The highest BCUT2D eigenvalue weighted by molar-refractivity contribution is 5.94. The number of aromatic nitrogens is 4. The van der Waals surface area contributed by atoms with Crippen molar-refractivity contribution < 1.29 is 33.2 Å². The highest BCUT2D eigenvalue weighted by Crippen LogP contribution is 2.12. The number of nitrogens with two attached hydrogens (primary N) is 1. The van der Waals surface area contributed by atoms with Crippen molar-refractivity contribution in [2.75, 3.05) is 96.9 Å². The molecule has 15 nitrogen and oxygen atoms in total. The van der Waals surface area contributed by atoms with E-state index in [1.807, 2.05) is 12.1 Å². The van der Waals surface area contributed by atoms with Crippen LogP contribution in [0, 0.1) is 0 Å². The Morgan fingerprint density at radius 3 is 1.94 bits per heavy atom. The number of ether oxygens (including phenoxy) is 6. The van der Waals surface area contributed by atoms with Gasteiger partial charge in [0.1, 0.15) is 0 Å². The van der Waals surface area contributed by atoms with Gasteiger partial charge >= 0.3 is 0 Å². The van der Waals surface area contributed by atoms with Crippen LogP contribution in [0.25, 0.3) is 11.2 Å². The van der Waals surface area contributed by atoms with Crippen LogP contribution in [0.15, 0.2) is 35.3 Å². The highest BCUT2D eigenvalue weighted by Gasteiger charge is 2.08. The average Bonchev–Trinajstić information content (AvgIpc) is 3.08. The third-order valence-corrected chi connectivity index (χ3v) is 6.57. The fraction of sp³-hybridized carbons (Fsp3) is 0.594. The lowest BCUT2D eigenvalue weighted by atomic mass is 10.2. The van der Waals surface area contributed by atoms with Crippen molar-refractivity contribution in [1.82, 2.24) is 25.3 Å². The van der Waals surface area contributed by atoms with Crippen molar-refractivity contribution in [3.63, 3.8) is 0 Å². The Kier molecular flexibility index (Phi) is 18.9. The largest absolute Gasteiger partial charge is 0.379 e. The van der Waals surface area contributed by atoms with Crippen molar-refractivity contribution in [3.05, 3.63) is 52.1 Å². The van der Waals surface area contributed by atoms with Gasteiger partial charge in [0, 0.05) is 31.0 Å². The van der Waals surface area contributed by atoms with E-state index in [9.17, 15) is 9.59 Å². The molecule has 0 aliphatic rings. The lowest BCUT2D eigenvalue weighted by molar-refractivity contribution is -0.0168. The number of nitrogens with one attached hydrogen (secondary N) is 3. The Morgan fingerprint density at radius 1 is 0.766 bits per heavy atom. The topological polar surface area (TPSA) is 194 Å². The predicted molar refractivity (Wildman–Crippen MR) is 178 cm³/mol. The monoisotopic (exact) mass is 659 g/mol. The molecule has 0 radical (unpaired) electrons. The summed E-state index contributed by atoms with van der Waals surface area (Å²) in [7, 11) is 0. The molecule has 47 heavy (non-hydrogen) atoms. The molecule has 3 rings (SSSR count). The third kappa shape index (κ3) is 16.1. The highest BCUT2D eigenvalue weighted by atomic mass is 16.6. The van der Waals surface area contributed by atoms with Crippen LogP contribution in [0.3, 0.4) is 0 Å². The second kappa shape index (κ2) is 23.6. The van der Waals surface area contributed by atoms with Crippen LogP contribution in [-0.4, -0.2) is 112 Å². The number of fused-ring (bicyclic) bond motifs is 1. The number of nitrogens with zero attached hydrogens (tertiary/aromatic N) is 3. The molecule has 1 aromatic carbocycles. The van der Waals surface area contributed by atoms with Crippen LogP contribution in [0.1, 0.15) is 48.7 Å². The first kappa shape index (κ1) is 37.7. The van der Waals surface area contributed by atoms with E-state index in [-0.39, 0.29) is 23.0 Å². The van der Waals surface area contributed by atoms with Crippen LogP contribution < -0.4 is 21.9 Å². The number of anilines is 2. The van der Waals surface area contributed by atoms with Gasteiger partial charge in [0.2, 0.25) is 5.95 Å². The number of carbonyl (C=O) groups excluding carboxylic acids is 1. The quantitative estimate of drug-likeness (QED) is 0.0872. The molecule has 15 heteroatoms. The number of carbonyl (C=O) groups is 1. The molecular formula is C32H49N7O8. The van der Waals surface area contributed by atoms with Gasteiger partial charge in [0.25, 0.3) is 11.5 Å². The van der Waals surface area contributed by atoms with Gasteiger partial charge in [-0.15, -0.1) is 0 Å². The number of hydrogen-bond acceptors (Lipinski definition) is 13. The molecule has 0 bridgehead atoms. The second-order valence-corrected chi connectivity index (χ2v) is 10.4. The summed E-state index contributed by atoms with van der Waals surface area (Å²) in [6.45, 7) is 9.89. The molecule has 0 fully saturated rings. The standard InChI is InChI=1S/C32H49N7O8/c1-2-11-42-13-15-44-17-19-46-21-22-47-20-18-45-16-14-43-12-5-3-4-10-34-30(40)25-6-8-26(9-7-25)35-23-27-24-36-29-28(37-27)31(41)39-32(33)38-29/h6-9,24,35H,2-5,10-23H2,1H3,(H,34,40)(H3,33,36,38,39,41). The minimum absolute atomic E-state index is 0.00581. The summed E-state index contributed by atoms with van der Waals surface area (Å²) in [6.07, 6.45) is 5.28. The molecule has 0 aliphatic carbocycles. The predicted octanol–water partition coefficient (Wildman–Crippen LogP) is 2.32. The summed E-state index contributed by atoms with van der Waals surface area (Å²) in [6, 6.07) is 7.13. The SMILES string of the molecule is CCCOCCOCCOCCOCCOCCOCCCCCNC(=O)c1ccc(NCc2cnc3nc(N)[nH]c(=O)c3n2)cc1. The first-order chi connectivity index (χ1) is 23.1. The van der Waals surface area contributed by atoms with Gasteiger partial charge in [-0.1, -0.05) is 6.92 Å². The maximum Gasteiger partial charge on any atom is 0.280 e. The normalized spacial score (nSPS) is 11.3. The number of unbranched alkanes of at least 4 members (excludes halogenated alkanes) is 2. The summed E-state index contributed by atoms with van der Waals surface area (Å²) in [5, 5.41) is 6.16. The maximum atomic E-state index is 12.5. The van der Waals surface area contributed by atoms with Gasteiger partial charge in [-0.05, 0) is 49.9 Å². The lowest BCUT2D eigenvalue weighted by Gasteiger charge is -2.09. The number of H-pyrrole nitrogens is 1. The molecule has 0 aliphatic heterocycles. The maximum absolute atomic E-state index is 12.5. The zero-order chi connectivity index (χ0) is 33.4. The van der Waals surface area contributed by atoms with Gasteiger partial charge in [-0.3, -0.25) is 14.6 Å². The van der Waals surface area contributed by atoms with Crippen molar-refractivity contribution in [3.8, 4) is 0 Å². The number of hydrogen-bond donors (Lipinski definition) is 4. The van der Waals surface area contributed by atoms with Crippen molar-refractivity contribution in [1.29, 1.82) is 0 Å². The van der Waals surface area contributed by atoms with E-state index in [0.717, 1.165) is 38.0 Å². The zero-order valence-electron chi connectivity index (χ0n) is 27.3. The van der Waals surface area contributed by atoms with E-state index in [0.29, 0.717) is 97.0 Å². The smallest absolute Gasteiger partial charge is 0.280 e. The molecule has 0 saturated heterocycles. The summed E-state index contributed by atoms with van der Waals surface area (Å²) in [4.78, 5) is 39.3. The van der Waals surface area contributed by atoms with Crippen LogP contribution >= 0.6 is 0 Å². The van der Waals surface area contributed by atoms with E-state index in [2.05, 4.69) is 37.5 Å². The number of nitrogen functional groups attached to an aromatic ring is 1. The fourth-order valence-electron chi connectivity index (χ4n) is 4.14. The first-order valence-electron chi connectivity index (χ1n) is 16.2. The summed E-state index contributed by atoms with van der Waals surface area (Å²) < 4.78 is 32.8. The van der Waals surface area contributed by atoms with Crippen molar-refractivity contribution >= 4 is 28.7 Å². The van der Waals surface area contributed by atoms with Crippen LogP contribution in [0.5, 0.6) is 0 Å². The van der Waals surface area contributed by atoms with Crippen molar-refractivity contribution in [2.45, 2.75) is 39.2 Å². The number of amides is 1. The second-order valence-electron chi connectivity index (χ2n) is 10.4. The molecule has 260 valence electrons. The Hall–Kier alpha value is -3.73. The third-order valence-electron chi connectivity index (χ3n) is 6.57. The van der Waals surface area contributed by atoms with E-state index in [1.54, 1.807) is 12.1 Å². The molecule has 2 aromatic heterocycles. The molecular weight excluding hydrogens is 610 g/mol. The first-order valence-corrected chi connectivity index (χ1v) is 16.2.